The summed E-state index contributed by atoms with van der Waals surface area (Å²) in [5.41, 5.74) is 2.30. The molecule has 0 bridgehead atoms. The molecule has 4 heteroatoms. The van der Waals surface area contributed by atoms with Gasteiger partial charge in [-0.2, -0.15) is 10.4 Å². The summed E-state index contributed by atoms with van der Waals surface area (Å²) in [7, 11) is 1.95. The number of nitrogens with zero attached hydrogens (tertiary/aromatic N) is 3. The third-order valence-electron chi connectivity index (χ3n) is 5.41. The van der Waals surface area contributed by atoms with Crippen LogP contribution < -0.4 is 0 Å². The Morgan fingerprint density at radius 3 is 3.00 bits per heavy atom. The maximum atomic E-state index is 12.5. The Morgan fingerprint density at radius 1 is 1.60 bits per heavy atom. The van der Waals surface area contributed by atoms with E-state index >= 15 is 0 Å². The largest absolute Gasteiger partial charge is 0.298 e. The number of nitriles is 1. The van der Waals surface area contributed by atoms with Crippen molar-refractivity contribution >= 4 is 5.78 Å². The van der Waals surface area contributed by atoms with E-state index in [4.69, 9.17) is 0 Å². The highest BCUT2D eigenvalue weighted by Gasteiger charge is 2.53. The van der Waals surface area contributed by atoms with Crippen LogP contribution in [0.1, 0.15) is 44.4 Å². The second kappa shape index (κ2) is 4.44. The second-order valence-electron chi connectivity index (χ2n) is 6.54. The molecule has 0 radical (unpaired) electrons. The Balaban J connectivity index is 2.11. The SMILES string of the molecule is CC[C@@H]1C(=O)C(C#N)C[C@]2(C)c3nn(C)cc3CC[C@@H]12. The molecule has 2 aliphatic rings. The summed E-state index contributed by atoms with van der Waals surface area (Å²) in [6.45, 7) is 4.28. The number of rotatable bonds is 1. The van der Waals surface area contributed by atoms with Gasteiger partial charge in [0.25, 0.3) is 0 Å². The number of aryl methyl sites for hydroxylation is 2. The van der Waals surface area contributed by atoms with Crippen molar-refractivity contribution in [2.24, 2.45) is 24.8 Å². The predicted octanol–water partition coefficient (Wildman–Crippen LogP) is 2.38. The number of hydrogen-bond donors (Lipinski definition) is 0. The number of ketones is 1. The molecule has 106 valence electrons. The standard InChI is InChI=1S/C16H21N3O/c1-4-12-13-6-5-10-9-19(3)18-15(10)16(13,2)7-11(8-17)14(12)20/h9,11-13H,4-7H2,1-3H3/t11?,12-,13-,16-/m0/s1. The molecule has 1 fully saturated rings. The van der Waals surface area contributed by atoms with Crippen LogP contribution in [0.5, 0.6) is 0 Å². The van der Waals surface area contributed by atoms with Gasteiger partial charge in [-0.25, -0.2) is 0 Å². The fraction of sp³-hybridized carbons (Fsp3) is 0.688. The highest BCUT2D eigenvalue weighted by molar-refractivity contribution is 5.87. The summed E-state index contributed by atoms with van der Waals surface area (Å²) < 4.78 is 1.87. The van der Waals surface area contributed by atoms with Crippen molar-refractivity contribution in [3.05, 3.63) is 17.5 Å². The monoisotopic (exact) mass is 271 g/mol. The smallest absolute Gasteiger partial charge is 0.153 e. The Morgan fingerprint density at radius 2 is 2.35 bits per heavy atom. The van der Waals surface area contributed by atoms with Crippen molar-refractivity contribution in [1.82, 2.24) is 9.78 Å². The topological polar surface area (TPSA) is 58.7 Å². The fourth-order valence-corrected chi connectivity index (χ4v) is 4.48. The molecule has 20 heavy (non-hydrogen) atoms. The number of hydrogen-bond acceptors (Lipinski definition) is 3. The van der Waals surface area contributed by atoms with Crippen molar-refractivity contribution in [1.29, 1.82) is 5.26 Å². The summed E-state index contributed by atoms with van der Waals surface area (Å²) in [5.74, 6) is 0.0616. The number of aromatic nitrogens is 2. The third-order valence-corrected chi connectivity index (χ3v) is 5.41. The first-order valence-electron chi connectivity index (χ1n) is 7.47. The zero-order valence-electron chi connectivity index (χ0n) is 12.4. The lowest BCUT2D eigenvalue weighted by molar-refractivity contribution is -0.133. The van der Waals surface area contributed by atoms with E-state index < -0.39 is 5.92 Å². The van der Waals surface area contributed by atoms with E-state index in [2.05, 4.69) is 31.2 Å². The molecule has 4 nitrogen and oxygen atoms in total. The van der Waals surface area contributed by atoms with Gasteiger partial charge in [0.2, 0.25) is 0 Å². The van der Waals surface area contributed by atoms with Gasteiger partial charge < -0.3 is 0 Å². The van der Waals surface area contributed by atoms with E-state index in [1.807, 2.05) is 11.7 Å². The Bertz CT molecular complexity index is 597. The molecule has 0 aliphatic heterocycles. The van der Waals surface area contributed by atoms with E-state index in [0.29, 0.717) is 12.3 Å². The Hall–Kier alpha value is -1.63. The van der Waals surface area contributed by atoms with Crippen LogP contribution in [-0.2, 0) is 23.7 Å². The first kappa shape index (κ1) is 13.4. The molecule has 0 spiro atoms. The molecule has 2 aliphatic carbocycles. The predicted molar refractivity (Wildman–Crippen MR) is 74.9 cm³/mol. The average molecular weight is 271 g/mol. The van der Waals surface area contributed by atoms with Gasteiger partial charge in [-0.1, -0.05) is 13.8 Å². The normalized spacial score (nSPS) is 36.1. The minimum absolute atomic E-state index is 0.0218. The summed E-state index contributed by atoms with van der Waals surface area (Å²) in [4.78, 5) is 12.5. The lowest BCUT2D eigenvalue weighted by Gasteiger charge is -2.48. The van der Waals surface area contributed by atoms with Gasteiger partial charge in [0, 0.05) is 24.6 Å². The van der Waals surface area contributed by atoms with Crippen LogP contribution in [0.4, 0.5) is 0 Å². The zero-order chi connectivity index (χ0) is 14.5. The van der Waals surface area contributed by atoms with Gasteiger partial charge in [0.1, 0.15) is 5.92 Å². The average Bonchev–Trinajstić information content (AvgIpc) is 2.81. The van der Waals surface area contributed by atoms with Crippen LogP contribution in [0.25, 0.3) is 0 Å². The van der Waals surface area contributed by atoms with E-state index in [1.165, 1.54) is 5.56 Å². The van der Waals surface area contributed by atoms with E-state index in [-0.39, 0.29) is 17.1 Å². The molecule has 0 N–H and O–H groups in total. The van der Waals surface area contributed by atoms with Crippen LogP contribution in [0.15, 0.2) is 6.20 Å². The number of carbonyl (C=O) groups is 1. The first-order chi connectivity index (χ1) is 9.51. The van der Waals surface area contributed by atoms with Crippen LogP contribution >= 0.6 is 0 Å². The van der Waals surface area contributed by atoms with Crippen molar-refractivity contribution in [3.8, 4) is 6.07 Å². The summed E-state index contributed by atoms with van der Waals surface area (Å²) in [6.07, 6.45) is 5.60. The maximum Gasteiger partial charge on any atom is 0.153 e. The van der Waals surface area contributed by atoms with Gasteiger partial charge in [-0.15, -0.1) is 0 Å². The van der Waals surface area contributed by atoms with E-state index in [9.17, 15) is 10.1 Å². The molecule has 3 rings (SSSR count). The van der Waals surface area contributed by atoms with Crippen molar-refractivity contribution < 1.29 is 4.79 Å². The maximum absolute atomic E-state index is 12.5. The molecular weight excluding hydrogens is 250 g/mol. The molecule has 1 unspecified atom stereocenters. The highest BCUT2D eigenvalue weighted by Crippen LogP contribution is 2.52. The lowest BCUT2D eigenvalue weighted by Crippen LogP contribution is -2.51. The molecule has 1 saturated carbocycles. The number of fused-ring (bicyclic) bond motifs is 3. The van der Waals surface area contributed by atoms with Crippen molar-refractivity contribution in [2.45, 2.75) is 44.9 Å². The molecule has 1 aromatic heterocycles. The molecule has 0 amide bonds. The number of carbonyl (C=O) groups excluding carboxylic acids is 1. The summed E-state index contributed by atoms with van der Waals surface area (Å²) >= 11 is 0. The van der Waals surface area contributed by atoms with Gasteiger partial charge in [0.05, 0.1) is 11.8 Å². The number of Topliss-reactive ketones (excluding diaryl/α,β-unsaturated/α-hetero) is 1. The van der Waals surface area contributed by atoms with Crippen LogP contribution in [-0.4, -0.2) is 15.6 Å². The molecule has 1 heterocycles. The van der Waals surface area contributed by atoms with Crippen LogP contribution in [0.2, 0.25) is 0 Å². The minimum atomic E-state index is -0.464. The van der Waals surface area contributed by atoms with Gasteiger partial charge in [0.15, 0.2) is 5.78 Å². The van der Waals surface area contributed by atoms with Gasteiger partial charge >= 0.3 is 0 Å². The second-order valence-corrected chi connectivity index (χ2v) is 6.54. The summed E-state index contributed by atoms with van der Waals surface area (Å²) in [6, 6.07) is 2.23. The Labute approximate surface area is 119 Å². The Kier molecular flexibility index (Phi) is 2.97. The van der Waals surface area contributed by atoms with E-state index in [1.54, 1.807) is 0 Å². The molecule has 4 atom stereocenters. The van der Waals surface area contributed by atoms with Crippen LogP contribution in [0, 0.1) is 29.1 Å². The quantitative estimate of drug-likeness (QED) is 0.788. The van der Waals surface area contributed by atoms with Crippen molar-refractivity contribution in [3.63, 3.8) is 0 Å². The molecular formula is C16H21N3O. The molecule has 0 saturated heterocycles. The van der Waals surface area contributed by atoms with Gasteiger partial charge in [-0.05, 0) is 37.2 Å². The zero-order valence-corrected chi connectivity index (χ0v) is 12.4. The molecule has 0 aromatic carbocycles. The van der Waals surface area contributed by atoms with Gasteiger partial charge in [-0.3, -0.25) is 9.48 Å². The highest BCUT2D eigenvalue weighted by atomic mass is 16.1. The molecule has 1 aromatic rings. The lowest BCUT2D eigenvalue weighted by atomic mass is 9.53. The van der Waals surface area contributed by atoms with Crippen LogP contribution in [0.3, 0.4) is 0 Å². The minimum Gasteiger partial charge on any atom is -0.298 e. The van der Waals surface area contributed by atoms with E-state index in [0.717, 1.165) is 25.0 Å². The first-order valence-corrected chi connectivity index (χ1v) is 7.47. The van der Waals surface area contributed by atoms with Crippen molar-refractivity contribution in [2.75, 3.05) is 0 Å². The summed E-state index contributed by atoms with van der Waals surface area (Å²) in [5, 5.41) is 14.0. The fourth-order valence-electron chi connectivity index (χ4n) is 4.48. The third kappa shape index (κ3) is 1.65.